The van der Waals surface area contributed by atoms with Crippen LogP contribution < -0.4 is 4.74 Å². The first-order valence-corrected chi connectivity index (χ1v) is 7.13. The van der Waals surface area contributed by atoms with Gasteiger partial charge in [-0.2, -0.15) is 0 Å². The van der Waals surface area contributed by atoms with Crippen molar-refractivity contribution in [1.29, 1.82) is 0 Å². The van der Waals surface area contributed by atoms with Crippen molar-refractivity contribution in [3.8, 4) is 5.75 Å². The third kappa shape index (κ3) is 3.85. The lowest BCUT2D eigenvalue weighted by atomic mass is 10.1. The number of para-hydroxylation sites is 1. The molecule has 3 nitrogen and oxygen atoms in total. The van der Waals surface area contributed by atoms with E-state index in [0.29, 0.717) is 17.9 Å². The van der Waals surface area contributed by atoms with E-state index < -0.39 is 0 Å². The molecular weight excluding hydrogens is 262 g/mol. The average Bonchev–Trinajstić information content (AvgIpc) is 2.53. The van der Waals surface area contributed by atoms with Crippen molar-refractivity contribution in [2.75, 3.05) is 14.1 Å². The molecule has 0 heterocycles. The molecule has 0 aliphatic rings. The highest BCUT2D eigenvalue weighted by molar-refractivity contribution is 5.96. The molecule has 21 heavy (non-hydrogen) atoms. The third-order valence-corrected chi connectivity index (χ3v) is 3.35. The lowest BCUT2D eigenvalue weighted by Gasteiger charge is -2.14. The molecule has 0 N–H and O–H groups in total. The van der Waals surface area contributed by atoms with Crippen LogP contribution in [-0.2, 0) is 13.0 Å². The number of carbonyl (C=O) groups is 1. The fourth-order valence-corrected chi connectivity index (χ4v) is 2.04. The predicted molar refractivity (Wildman–Crippen MR) is 84.6 cm³/mol. The molecule has 0 aliphatic heterocycles. The molecule has 0 bridgehead atoms. The Kier molecular flexibility index (Phi) is 4.99. The number of benzene rings is 2. The van der Waals surface area contributed by atoms with Crippen molar-refractivity contribution in [3.63, 3.8) is 0 Å². The number of hydrogen-bond acceptors (Lipinski definition) is 2. The molecule has 0 aromatic heterocycles. The van der Waals surface area contributed by atoms with Crippen molar-refractivity contribution in [2.24, 2.45) is 0 Å². The SMILES string of the molecule is CCc1ccc(COc2ccccc2C(=O)N(C)C)cc1. The number of hydrogen-bond donors (Lipinski definition) is 0. The summed E-state index contributed by atoms with van der Waals surface area (Å²) in [6.07, 6.45) is 1.03. The van der Waals surface area contributed by atoms with Crippen LogP contribution in [0.4, 0.5) is 0 Å². The van der Waals surface area contributed by atoms with E-state index in [-0.39, 0.29) is 5.91 Å². The van der Waals surface area contributed by atoms with Gasteiger partial charge in [0, 0.05) is 14.1 Å². The highest BCUT2D eigenvalue weighted by Crippen LogP contribution is 2.20. The van der Waals surface area contributed by atoms with Gasteiger partial charge in [-0.25, -0.2) is 0 Å². The first kappa shape index (κ1) is 15.1. The van der Waals surface area contributed by atoms with Gasteiger partial charge in [-0.15, -0.1) is 0 Å². The number of nitrogens with zero attached hydrogens (tertiary/aromatic N) is 1. The van der Waals surface area contributed by atoms with E-state index in [1.54, 1.807) is 25.1 Å². The van der Waals surface area contributed by atoms with Gasteiger partial charge in [0.1, 0.15) is 12.4 Å². The fourth-order valence-electron chi connectivity index (χ4n) is 2.04. The van der Waals surface area contributed by atoms with Crippen molar-refractivity contribution < 1.29 is 9.53 Å². The number of amides is 1. The summed E-state index contributed by atoms with van der Waals surface area (Å²) in [6, 6.07) is 15.7. The Balaban J connectivity index is 2.10. The standard InChI is InChI=1S/C18H21NO2/c1-4-14-9-11-15(12-10-14)13-21-17-8-6-5-7-16(17)18(20)19(2)3/h5-12H,4,13H2,1-3H3. The largest absolute Gasteiger partial charge is 0.488 e. The summed E-state index contributed by atoms with van der Waals surface area (Å²) in [5, 5.41) is 0. The normalized spacial score (nSPS) is 10.2. The Labute approximate surface area is 126 Å². The molecule has 0 fully saturated rings. The van der Waals surface area contributed by atoms with Gasteiger partial charge in [-0.3, -0.25) is 4.79 Å². The molecule has 2 aromatic rings. The smallest absolute Gasteiger partial charge is 0.257 e. The Hall–Kier alpha value is -2.29. The zero-order valence-corrected chi connectivity index (χ0v) is 12.8. The van der Waals surface area contributed by atoms with Crippen LogP contribution in [-0.4, -0.2) is 24.9 Å². The van der Waals surface area contributed by atoms with Crippen molar-refractivity contribution in [2.45, 2.75) is 20.0 Å². The van der Waals surface area contributed by atoms with E-state index in [0.717, 1.165) is 12.0 Å². The Morgan fingerprint density at radius 1 is 1.00 bits per heavy atom. The molecule has 0 spiro atoms. The molecule has 3 heteroatoms. The third-order valence-electron chi connectivity index (χ3n) is 3.35. The fraction of sp³-hybridized carbons (Fsp3) is 0.278. The second-order valence-corrected chi connectivity index (χ2v) is 5.15. The molecule has 0 radical (unpaired) electrons. The minimum Gasteiger partial charge on any atom is -0.488 e. The molecule has 0 saturated heterocycles. The molecule has 110 valence electrons. The maximum atomic E-state index is 12.1. The number of aryl methyl sites for hydroxylation is 1. The van der Waals surface area contributed by atoms with Gasteiger partial charge < -0.3 is 9.64 Å². The molecule has 2 aromatic carbocycles. The maximum absolute atomic E-state index is 12.1. The lowest BCUT2D eigenvalue weighted by molar-refractivity contribution is 0.0822. The molecular formula is C18H21NO2. The summed E-state index contributed by atoms with van der Waals surface area (Å²) in [5.74, 6) is 0.572. The van der Waals surface area contributed by atoms with Gasteiger partial charge >= 0.3 is 0 Å². The van der Waals surface area contributed by atoms with Gasteiger partial charge in [0.25, 0.3) is 5.91 Å². The minimum atomic E-state index is -0.0491. The van der Waals surface area contributed by atoms with Gasteiger partial charge in [0.2, 0.25) is 0 Å². The van der Waals surface area contributed by atoms with Crippen molar-refractivity contribution >= 4 is 5.91 Å². The zero-order chi connectivity index (χ0) is 15.2. The first-order valence-electron chi connectivity index (χ1n) is 7.13. The molecule has 0 atom stereocenters. The Bertz CT molecular complexity index is 603. The highest BCUT2D eigenvalue weighted by atomic mass is 16.5. The molecule has 0 aliphatic carbocycles. The van der Waals surface area contributed by atoms with Crippen LogP contribution in [0, 0.1) is 0 Å². The van der Waals surface area contributed by atoms with Crippen molar-refractivity contribution in [1.82, 2.24) is 4.90 Å². The summed E-state index contributed by atoms with van der Waals surface area (Å²) in [4.78, 5) is 13.7. The lowest BCUT2D eigenvalue weighted by Crippen LogP contribution is -2.22. The zero-order valence-electron chi connectivity index (χ0n) is 12.8. The van der Waals surface area contributed by atoms with E-state index in [4.69, 9.17) is 4.74 Å². The van der Waals surface area contributed by atoms with Gasteiger partial charge in [-0.05, 0) is 29.7 Å². The predicted octanol–water partition coefficient (Wildman–Crippen LogP) is 3.53. The first-order chi connectivity index (χ1) is 10.1. The Morgan fingerprint density at radius 2 is 1.62 bits per heavy atom. The minimum absolute atomic E-state index is 0.0491. The summed E-state index contributed by atoms with van der Waals surface area (Å²) < 4.78 is 5.82. The average molecular weight is 283 g/mol. The van der Waals surface area contributed by atoms with Crippen LogP contribution in [0.25, 0.3) is 0 Å². The summed E-state index contributed by atoms with van der Waals surface area (Å²) >= 11 is 0. The number of carbonyl (C=O) groups excluding carboxylic acids is 1. The maximum Gasteiger partial charge on any atom is 0.257 e. The molecule has 2 rings (SSSR count). The second kappa shape index (κ2) is 6.93. The number of ether oxygens (including phenoxy) is 1. The van der Waals surface area contributed by atoms with Crippen LogP contribution in [0.1, 0.15) is 28.4 Å². The van der Waals surface area contributed by atoms with Gasteiger partial charge in [0.15, 0.2) is 0 Å². The highest BCUT2D eigenvalue weighted by Gasteiger charge is 2.13. The van der Waals surface area contributed by atoms with Crippen LogP contribution in [0.2, 0.25) is 0 Å². The van der Waals surface area contributed by atoms with Crippen LogP contribution in [0.5, 0.6) is 5.75 Å². The van der Waals surface area contributed by atoms with Crippen molar-refractivity contribution in [3.05, 3.63) is 65.2 Å². The van der Waals surface area contributed by atoms with E-state index in [1.165, 1.54) is 5.56 Å². The number of rotatable bonds is 5. The van der Waals surface area contributed by atoms with E-state index in [1.807, 2.05) is 18.2 Å². The Morgan fingerprint density at radius 3 is 2.24 bits per heavy atom. The molecule has 0 unspecified atom stereocenters. The van der Waals surface area contributed by atoms with Gasteiger partial charge in [-0.1, -0.05) is 43.3 Å². The summed E-state index contributed by atoms with van der Waals surface area (Å²) in [6.45, 7) is 2.59. The quantitative estimate of drug-likeness (QED) is 0.840. The summed E-state index contributed by atoms with van der Waals surface area (Å²) in [5.41, 5.74) is 2.99. The summed E-state index contributed by atoms with van der Waals surface area (Å²) in [7, 11) is 3.48. The van der Waals surface area contributed by atoms with E-state index in [2.05, 4.69) is 31.2 Å². The topological polar surface area (TPSA) is 29.5 Å². The second-order valence-electron chi connectivity index (χ2n) is 5.15. The molecule has 1 amide bonds. The van der Waals surface area contributed by atoms with Crippen LogP contribution in [0.15, 0.2) is 48.5 Å². The van der Waals surface area contributed by atoms with Crippen LogP contribution >= 0.6 is 0 Å². The monoisotopic (exact) mass is 283 g/mol. The van der Waals surface area contributed by atoms with Gasteiger partial charge in [0.05, 0.1) is 5.56 Å². The van der Waals surface area contributed by atoms with E-state index in [9.17, 15) is 4.79 Å². The van der Waals surface area contributed by atoms with Crippen LogP contribution in [0.3, 0.4) is 0 Å². The molecule has 0 saturated carbocycles. The van der Waals surface area contributed by atoms with E-state index >= 15 is 0 Å².